The molecule has 2 amide bonds. The fourth-order valence-corrected chi connectivity index (χ4v) is 1.45. The fraction of sp³-hybridized carbons (Fsp3) is 0.385. The number of nitrogens with zero attached hydrogens (tertiary/aromatic N) is 2. The number of hydrogen-bond acceptors (Lipinski definition) is 2. The Balaban J connectivity index is 2.59. The van der Waals surface area contributed by atoms with Gasteiger partial charge in [-0.3, -0.25) is 0 Å². The first-order chi connectivity index (χ1) is 8.17. The second-order valence-corrected chi connectivity index (χ2v) is 3.86. The highest BCUT2D eigenvalue weighted by Gasteiger charge is 2.14. The van der Waals surface area contributed by atoms with Gasteiger partial charge in [-0.2, -0.15) is 5.26 Å². The summed E-state index contributed by atoms with van der Waals surface area (Å²) in [6.07, 6.45) is 0. The number of carbonyl (C=O) groups excluding carboxylic acids is 1. The summed E-state index contributed by atoms with van der Waals surface area (Å²) in [4.78, 5) is 13.5. The van der Waals surface area contributed by atoms with Crippen molar-refractivity contribution in [3.63, 3.8) is 0 Å². The van der Waals surface area contributed by atoms with Gasteiger partial charge in [-0.1, -0.05) is 18.2 Å². The van der Waals surface area contributed by atoms with Gasteiger partial charge in [0, 0.05) is 18.8 Å². The molecule has 0 aliphatic heterocycles. The van der Waals surface area contributed by atoms with Gasteiger partial charge in [0.1, 0.15) is 0 Å². The van der Waals surface area contributed by atoms with Crippen molar-refractivity contribution in [2.24, 2.45) is 5.92 Å². The van der Waals surface area contributed by atoms with Crippen LogP contribution >= 0.6 is 0 Å². The monoisotopic (exact) mass is 231 g/mol. The summed E-state index contributed by atoms with van der Waals surface area (Å²) in [5, 5.41) is 11.5. The second kappa shape index (κ2) is 6.54. The summed E-state index contributed by atoms with van der Waals surface area (Å²) < 4.78 is 0. The Labute approximate surface area is 102 Å². The topological polar surface area (TPSA) is 56.1 Å². The maximum Gasteiger partial charge on any atom is 0.321 e. The van der Waals surface area contributed by atoms with Gasteiger partial charge >= 0.3 is 6.03 Å². The molecule has 0 aromatic heterocycles. The van der Waals surface area contributed by atoms with Crippen LogP contribution in [0.25, 0.3) is 0 Å². The highest BCUT2D eigenvalue weighted by Crippen LogP contribution is 2.07. The van der Waals surface area contributed by atoms with Gasteiger partial charge < -0.3 is 10.2 Å². The Kier molecular flexibility index (Phi) is 5.02. The molecule has 0 radical (unpaired) electrons. The van der Waals surface area contributed by atoms with Crippen LogP contribution in [0.2, 0.25) is 0 Å². The van der Waals surface area contributed by atoms with Crippen molar-refractivity contribution < 1.29 is 4.79 Å². The zero-order chi connectivity index (χ0) is 12.7. The molecule has 90 valence electrons. The van der Waals surface area contributed by atoms with Crippen LogP contribution < -0.4 is 5.32 Å². The zero-order valence-electron chi connectivity index (χ0n) is 10.2. The predicted molar refractivity (Wildman–Crippen MR) is 67.5 cm³/mol. The van der Waals surface area contributed by atoms with E-state index >= 15 is 0 Å². The van der Waals surface area contributed by atoms with E-state index in [4.69, 9.17) is 5.26 Å². The molecule has 0 saturated carbocycles. The van der Waals surface area contributed by atoms with Crippen LogP contribution in [-0.2, 0) is 0 Å². The van der Waals surface area contributed by atoms with Crippen LogP contribution in [-0.4, -0.2) is 24.0 Å². The molecule has 0 bridgehead atoms. The molecule has 1 atom stereocenters. The summed E-state index contributed by atoms with van der Waals surface area (Å²) in [6, 6.07) is 11.3. The number of hydrogen-bond donors (Lipinski definition) is 1. The van der Waals surface area contributed by atoms with E-state index in [0.717, 1.165) is 5.69 Å². The number of carbonyl (C=O) groups is 1. The largest absolute Gasteiger partial charge is 0.324 e. The number of para-hydroxylation sites is 1. The quantitative estimate of drug-likeness (QED) is 0.866. The van der Waals surface area contributed by atoms with Crippen molar-refractivity contribution in [3.05, 3.63) is 30.3 Å². The third-order valence-electron chi connectivity index (χ3n) is 2.41. The third-order valence-corrected chi connectivity index (χ3v) is 2.41. The number of benzene rings is 1. The summed E-state index contributed by atoms with van der Waals surface area (Å²) in [7, 11) is 0. The molecule has 1 unspecified atom stereocenters. The number of amides is 2. The Morgan fingerprint density at radius 1 is 1.47 bits per heavy atom. The molecular formula is C13H17N3O. The summed E-state index contributed by atoms with van der Waals surface area (Å²) >= 11 is 0. The van der Waals surface area contributed by atoms with E-state index in [9.17, 15) is 4.79 Å². The molecule has 0 spiro atoms. The van der Waals surface area contributed by atoms with Crippen molar-refractivity contribution in [3.8, 4) is 6.07 Å². The molecule has 0 heterocycles. The summed E-state index contributed by atoms with van der Waals surface area (Å²) in [5.41, 5.74) is 0.764. The van der Waals surface area contributed by atoms with Crippen molar-refractivity contribution >= 4 is 11.7 Å². The van der Waals surface area contributed by atoms with Crippen molar-refractivity contribution in [2.45, 2.75) is 13.8 Å². The number of nitriles is 1. The Hall–Kier alpha value is -2.02. The number of rotatable bonds is 4. The third kappa shape index (κ3) is 4.15. The molecule has 1 aromatic rings. The van der Waals surface area contributed by atoms with Crippen LogP contribution in [0, 0.1) is 17.2 Å². The molecule has 0 aliphatic rings. The normalized spacial score (nSPS) is 11.4. The standard InChI is InChI=1S/C13H17N3O/c1-3-16(10-11(2)9-14)13(17)15-12-7-5-4-6-8-12/h4-8,11H,3,10H2,1-2H3,(H,15,17). The highest BCUT2D eigenvalue weighted by molar-refractivity contribution is 5.89. The van der Waals surface area contributed by atoms with Gasteiger partial charge in [0.15, 0.2) is 0 Å². The molecule has 1 rings (SSSR count). The molecule has 0 aliphatic carbocycles. The first-order valence-electron chi connectivity index (χ1n) is 5.68. The van der Waals surface area contributed by atoms with Crippen molar-refractivity contribution in [2.75, 3.05) is 18.4 Å². The first kappa shape index (κ1) is 13.0. The van der Waals surface area contributed by atoms with Gasteiger partial charge in [-0.15, -0.1) is 0 Å². The zero-order valence-corrected chi connectivity index (χ0v) is 10.2. The smallest absolute Gasteiger partial charge is 0.321 e. The van der Waals surface area contributed by atoms with Gasteiger partial charge in [0.2, 0.25) is 0 Å². The van der Waals surface area contributed by atoms with Gasteiger partial charge in [0.05, 0.1) is 12.0 Å². The van der Waals surface area contributed by atoms with Crippen LogP contribution in [0.3, 0.4) is 0 Å². The van der Waals surface area contributed by atoms with Gasteiger partial charge in [-0.05, 0) is 26.0 Å². The molecule has 0 saturated heterocycles. The van der Waals surface area contributed by atoms with E-state index < -0.39 is 0 Å². The Morgan fingerprint density at radius 2 is 2.12 bits per heavy atom. The molecule has 1 aromatic carbocycles. The Morgan fingerprint density at radius 3 is 2.65 bits per heavy atom. The lowest BCUT2D eigenvalue weighted by Gasteiger charge is -2.22. The lowest BCUT2D eigenvalue weighted by atomic mass is 10.2. The number of anilines is 1. The summed E-state index contributed by atoms with van der Waals surface area (Å²) in [5.74, 6) is -0.156. The van der Waals surface area contributed by atoms with Crippen LogP contribution in [0.15, 0.2) is 30.3 Å². The minimum atomic E-state index is -0.166. The van der Waals surface area contributed by atoms with Crippen LogP contribution in [0.1, 0.15) is 13.8 Å². The van der Waals surface area contributed by atoms with Crippen LogP contribution in [0.4, 0.5) is 10.5 Å². The lowest BCUT2D eigenvalue weighted by molar-refractivity contribution is 0.210. The highest BCUT2D eigenvalue weighted by atomic mass is 16.2. The second-order valence-electron chi connectivity index (χ2n) is 3.86. The van der Waals surface area contributed by atoms with Crippen molar-refractivity contribution in [1.29, 1.82) is 5.26 Å². The number of urea groups is 1. The van der Waals surface area contributed by atoms with Gasteiger partial charge in [-0.25, -0.2) is 4.79 Å². The van der Waals surface area contributed by atoms with E-state index in [1.807, 2.05) is 37.3 Å². The molecule has 4 heteroatoms. The maximum atomic E-state index is 11.9. The molecular weight excluding hydrogens is 214 g/mol. The molecule has 17 heavy (non-hydrogen) atoms. The van der Waals surface area contributed by atoms with E-state index in [-0.39, 0.29) is 11.9 Å². The van der Waals surface area contributed by atoms with Crippen LogP contribution in [0.5, 0.6) is 0 Å². The Bertz CT molecular complexity index is 397. The molecule has 4 nitrogen and oxygen atoms in total. The van der Waals surface area contributed by atoms with E-state index in [0.29, 0.717) is 13.1 Å². The first-order valence-corrected chi connectivity index (χ1v) is 5.68. The minimum Gasteiger partial charge on any atom is -0.324 e. The average molecular weight is 231 g/mol. The van der Waals surface area contributed by atoms with Crippen molar-refractivity contribution in [1.82, 2.24) is 4.90 Å². The lowest BCUT2D eigenvalue weighted by Crippen LogP contribution is -2.37. The van der Waals surface area contributed by atoms with E-state index in [1.165, 1.54) is 0 Å². The molecule has 0 fully saturated rings. The average Bonchev–Trinajstić information content (AvgIpc) is 2.36. The van der Waals surface area contributed by atoms with E-state index in [1.54, 1.807) is 11.8 Å². The van der Waals surface area contributed by atoms with E-state index in [2.05, 4.69) is 11.4 Å². The predicted octanol–water partition coefficient (Wildman–Crippen LogP) is 2.70. The van der Waals surface area contributed by atoms with Gasteiger partial charge in [0.25, 0.3) is 0 Å². The minimum absolute atomic E-state index is 0.156. The number of nitrogens with one attached hydrogen (secondary N) is 1. The fourth-order valence-electron chi connectivity index (χ4n) is 1.45. The summed E-state index contributed by atoms with van der Waals surface area (Å²) in [6.45, 7) is 4.74. The molecule has 1 N–H and O–H groups in total. The maximum absolute atomic E-state index is 11.9. The SMILES string of the molecule is CCN(CC(C)C#N)C(=O)Nc1ccccc1.